The van der Waals surface area contributed by atoms with Crippen molar-refractivity contribution in [1.29, 1.82) is 0 Å². The highest BCUT2D eigenvalue weighted by Crippen LogP contribution is 2.21. The van der Waals surface area contributed by atoms with Gasteiger partial charge in [0, 0.05) is 39.3 Å². The molecule has 0 spiro atoms. The minimum Gasteiger partial charge on any atom is -0.341 e. The van der Waals surface area contributed by atoms with Gasteiger partial charge in [-0.1, -0.05) is 48.0 Å². The van der Waals surface area contributed by atoms with E-state index in [9.17, 15) is 14.0 Å². The van der Waals surface area contributed by atoms with Crippen molar-refractivity contribution >= 4 is 11.8 Å². The van der Waals surface area contributed by atoms with E-state index >= 15 is 0 Å². The van der Waals surface area contributed by atoms with Gasteiger partial charge in [0.1, 0.15) is 5.82 Å². The van der Waals surface area contributed by atoms with Gasteiger partial charge in [-0.05, 0) is 30.5 Å². The van der Waals surface area contributed by atoms with Crippen molar-refractivity contribution < 1.29 is 14.0 Å². The van der Waals surface area contributed by atoms with Gasteiger partial charge >= 0.3 is 0 Å². The number of hydrogen-bond acceptors (Lipinski definition) is 3. The molecule has 0 aromatic heterocycles. The maximum Gasteiger partial charge on any atom is 0.240 e. The number of nitrogens with zero attached hydrogens (tertiary/aromatic N) is 3. The van der Waals surface area contributed by atoms with Gasteiger partial charge in [-0.25, -0.2) is 4.39 Å². The number of piperazine rings is 1. The molecule has 2 aliphatic heterocycles. The predicted molar refractivity (Wildman–Crippen MR) is 113 cm³/mol. The summed E-state index contributed by atoms with van der Waals surface area (Å²) >= 11 is 0. The first-order chi connectivity index (χ1) is 14.5. The van der Waals surface area contributed by atoms with E-state index < -0.39 is 0 Å². The summed E-state index contributed by atoms with van der Waals surface area (Å²) in [6, 6.07) is 14.5. The number of amides is 2. The Morgan fingerprint density at radius 2 is 1.83 bits per heavy atom. The fourth-order valence-electron chi connectivity index (χ4n) is 4.45. The van der Waals surface area contributed by atoms with E-state index in [-0.39, 0.29) is 30.1 Å². The van der Waals surface area contributed by atoms with Crippen LogP contribution < -0.4 is 0 Å². The Balaban J connectivity index is 1.39. The number of aryl methyl sites for hydroxylation is 1. The first-order valence-corrected chi connectivity index (χ1v) is 10.6. The average Bonchev–Trinajstić information content (AvgIpc) is 2.95. The van der Waals surface area contributed by atoms with Crippen molar-refractivity contribution in [2.24, 2.45) is 0 Å². The van der Waals surface area contributed by atoms with Crippen LogP contribution in [0.4, 0.5) is 4.39 Å². The third-order valence-electron chi connectivity index (χ3n) is 6.13. The van der Waals surface area contributed by atoms with Crippen LogP contribution in [0, 0.1) is 12.7 Å². The largest absolute Gasteiger partial charge is 0.341 e. The lowest BCUT2D eigenvalue weighted by atomic mass is 10.1. The van der Waals surface area contributed by atoms with Gasteiger partial charge < -0.3 is 9.80 Å². The molecule has 2 aliphatic rings. The molecule has 0 bridgehead atoms. The Kier molecular flexibility index (Phi) is 6.13. The van der Waals surface area contributed by atoms with Gasteiger partial charge in [-0.2, -0.15) is 0 Å². The van der Waals surface area contributed by atoms with Crippen molar-refractivity contribution in [3.05, 3.63) is 71.0 Å². The molecule has 4 rings (SSSR count). The summed E-state index contributed by atoms with van der Waals surface area (Å²) < 4.78 is 13.9. The van der Waals surface area contributed by atoms with Crippen LogP contribution in [0.15, 0.2) is 48.5 Å². The maximum absolute atomic E-state index is 13.9. The lowest BCUT2D eigenvalue weighted by Gasteiger charge is -2.39. The van der Waals surface area contributed by atoms with Crippen LogP contribution in [0.3, 0.4) is 0 Å². The summed E-state index contributed by atoms with van der Waals surface area (Å²) in [6.07, 6.45) is 0.678. The lowest BCUT2D eigenvalue weighted by molar-refractivity contribution is -0.142. The predicted octanol–water partition coefficient (Wildman–Crippen LogP) is 2.62. The summed E-state index contributed by atoms with van der Waals surface area (Å²) in [6.45, 7) is 5.98. The Labute approximate surface area is 177 Å². The van der Waals surface area contributed by atoms with E-state index in [1.54, 1.807) is 23.1 Å². The molecule has 2 saturated heterocycles. The average molecular weight is 410 g/mol. The van der Waals surface area contributed by atoms with Crippen molar-refractivity contribution in [2.45, 2.75) is 32.4 Å². The van der Waals surface area contributed by atoms with Crippen LogP contribution in [-0.4, -0.2) is 65.3 Å². The molecule has 0 saturated carbocycles. The van der Waals surface area contributed by atoms with Crippen LogP contribution in [0.5, 0.6) is 0 Å². The van der Waals surface area contributed by atoms with Crippen LogP contribution >= 0.6 is 0 Å². The third-order valence-corrected chi connectivity index (χ3v) is 6.13. The van der Waals surface area contributed by atoms with E-state index in [0.29, 0.717) is 44.7 Å². The zero-order chi connectivity index (χ0) is 21.1. The molecule has 2 heterocycles. The second-order valence-electron chi connectivity index (χ2n) is 8.24. The first kappa shape index (κ1) is 20.5. The first-order valence-electron chi connectivity index (χ1n) is 10.6. The van der Waals surface area contributed by atoms with E-state index in [2.05, 4.69) is 30.0 Å². The quantitative estimate of drug-likeness (QED) is 0.780. The molecule has 2 amide bonds. The van der Waals surface area contributed by atoms with E-state index in [1.165, 1.54) is 11.6 Å². The molecule has 0 N–H and O–H groups in total. The Morgan fingerprint density at radius 1 is 1.03 bits per heavy atom. The van der Waals surface area contributed by atoms with Gasteiger partial charge in [-0.3, -0.25) is 14.5 Å². The number of fused-ring (bicyclic) bond motifs is 1. The van der Waals surface area contributed by atoms with Crippen LogP contribution in [-0.2, 0) is 22.6 Å². The monoisotopic (exact) mass is 409 g/mol. The van der Waals surface area contributed by atoms with Gasteiger partial charge in [-0.15, -0.1) is 0 Å². The normalized spacial score (nSPS) is 20.1. The molecule has 158 valence electrons. The van der Waals surface area contributed by atoms with Gasteiger partial charge in [0.25, 0.3) is 0 Å². The summed E-state index contributed by atoms with van der Waals surface area (Å²) in [5.41, 5.74) is 2.76. The maximum atomic E-state index is 13.9. The zero-order valence-electron chi connectivity index (χ0n) is 17.4. The molecule has 30 heavy (non-hydrogen) atoms. The molecule has 5 nitrogen and oxygen atoms in total. The molecule has 0 radical (unpaired) electrons. The standard InChI is InChI=1S/C24H28FN3O2/c1-18-5-4-6-19(15-18)17-28-14-12-26-11-13-27(10-9-22(26)24(28)30)23(29)16-20-7-2-3-8-21(20)25/h2-8,15,22H,9-14,16-17H2,1H3. The number of rotatable bonds is 4. The molecule has 1 unspecified atom stereocenters. The topological polar surface area (TPSA) is 43.9 Å². The van der Waals surface area contributed by atoms with Crippen LogP contribution in [0.25, 0.3) is 0 Å². The third kappa shape index (κ3) is 4.54. The highest BCUT2D eigenvalue weighted by molar-refractivity contribution is 5.83. The second-order valence-corrected chi connectivity index (χ2v) is 8.24. The minimum atomic E-state index is -0.347. The number of benzene rings is 2. The molecule has 2 aromatic carbocycles. The number of hydrogen-bond donors (Lipinski definition) is 0. The Bertz CT molecular complexity index is 932. The molecule has 2 fully saturated rings. The molecule has 1 atom stereocenters. The lowest BCUT2D eigenvalue weighted by Crippen LogP contribution is -2.56. The molecule has 0 aliphatic carbocycles. The SMILES string of the molecule is Cc1cccc(CN2CCN3CCN(C(=O)Cc4ccccc4F)CCC3C2=O)c1. The fourth-order valence-corrected chi connectivity index (χ4v) is 4.45. The second kappa shape index (κ2) is 8.96. The summed E-state index contributed by atoms with van der Waals surface area (Å²) in [5.74, 6) is -0.282. The summed E-state index contributed by atoms with van der Waals surface area (Å²) in [7, 11) is 0. The molecular formula is C24H28FN3O2. The number of carbonyl (C=O) groups is 2. The van der Waals surface area contributed by atoms with E-state index in [0.717, 1.165) is 12.1 Å². The fraction of sp³-hybridized carbons (Fsp3) is 0.417. The minimum absolute atomic E-state index is 0.0603. The van der Waals surface area contributed by atoms with Crippen LogP contribution in [0.1, 0.15) is 23.1 Å². The Hall–Kier alpha value is -2.73. The highest BCUT2D eigenvalue weighted by Gasteiger charge is 2.37. The van der Waals surface area contributed by atoms with Gasteiger partial charge in [0.15, 0.2) is 0 Å². The smallest absolute Gasteiger partial charge is 0.240 e. The van der Waals surface area contributed by atoms with E-state index in [1.807, 2.05) is 11.0 Å². The van der Waals surface area contributed by atoms with Crippen molar-refractivity contribution in [1.82, 2.24) is 14.7 Å². The van der Waals surface area contributed by atoms with Crippen molar-refractivity contribution in [2.75, 3.05) is 32.7 Å². The molecular weight excluding hydrogens is 381 g/mol. The highest BCUT2D eigenvalue weighted by atomic mass is 19.1. The molecule has 2 aromatic rings. The van der Waals surface area contributed by atoms with E-state index in [4.69, 9.17) is 0 Å². The van der Waals surface area contributed by atoms with Gasteiger partial charge in [0.2, 0.25) is 11.8 Å². The number of carbonyl (C=O) groups excluding carboxylic acids is 2. The van der Waals surface area contributed by atoms with Crippen molar-refractivity contribution in [3.63, 3.8) is 0 Å². The zero-order valence-corrected chi connectivity index (χ0v) is 17.4. The molecule has 6 heteroatoms. The number of halogens is 1. The van der Waals surface area contributed by atoms with Crippen LogP contribution in [0.2, 0.25) is 0 Å². The van der Waals surface area contributed by atoms with Gasteiger partial charge in [0.05, 0.1) is 12.5 Å². The summed E-state index contributed by atoms with van der Waals surface area (Å²) in [4.78, 5) is 31.8. The Morgan fingerprint density at radius 3 is 2.63 bits per heavy atom. The summed E-state index contributed by atoms with van der Waals surface area (Å²) in [5, 5.41) is 0. The van der Waals surface area contributed by atoms with Crippen molar-refractivity contribution in [3.8, 4) is 0 Å².